The maximum absolute atomic E-state index is 3.48. The van der Waals surface area contributed by atoms with Gasteiger partial charge in [0.25, 0.3) is 0 Å². The molecule has 1 aliphatic carbocycles. The van der Waals surface area contributed by atoms with Gasteiger partial charge in [0.05, 0.1) is 0 Å². The van der Waals surface area contributed by atoms with Crippen LogP contribution in [-0.2, 0) is 0 Å². The number of nitrogens with one attached hydrogen (secondary N) is 1. The third-order valence-corrected chi connectivity index (χ3v) is 4.98. The third-order valence-electron chi connectivity index (χ3n) is 3.85. The molecule has 0 bridgehead atoms. The Kier molecular flexibility index (Phi) is 4.35. The van der Waals surface area contributed by atoms with Crippen LogP contribution in [0.4, 0.5) is 0 Å². The van der Waals surface area contributed by atoms with Crippen LogP contribution in [0, 0.1) is 5.92 Å². The van der Waals surface area contributed by atoms with E-state index < -0.39 is 0 Å². The van der Waals surface area contributed by atoms with Crippen molar-refractivity contribution in [1.82, 2.24) is 10.2 Å². The molecule has 0 spiro atoms. The molecular weight excluding hydrogens is 204 g/mol. The van der Waals surface area contributed by atoms with E-state index in [1.165, 1.54) is 44.6 Å². The van der Waals surface area contributed by atoms with Gasteiger partial charge in [0.2, 0.25) is 0 Å². The summed E-state index contributed by atoms with van der Waals surface area (Å²) in [4.78, 5) is 2.68. The van der Waals surface area contributed by atoms with E-state index in [2.05, 4.69) is 35.9 Å². The summed E-state index contributed by atoms with van der Waals surface area (Å²) in [6.07, 6.45) is 4.25. The average molecular weight is 228 g/mol. The SMILES string of the molecule is CNC1CCCC1CN1CCSC(C)C1. The Morgan fingerprint density at radius 2 is 2.27 bits per heavy atom. The Balaban J connectivity index is 1.80. The van der Waals surface area contributed by atoms with Crippen LogP contribution in [0.2, 0.25) is 0 Å². The first-order chi connectivity index (χ1) is 7.29. The van der Waals surface area contributed by atoms with Crippen molar-refractivity contribution >= 4 is 11.8 Å². The minimum Gasteiger partial charge on any atom is -0.317 e. The predicted octanol–water partition coefficient (Wildman–Crippen LogP) is 1.81. The van der Waals surface area contributed by atoms with Crippen molar-refractivity contribution in [2.75, 3.05) is 32.4 Å². The summed E-state index contributed by atoms with van der Waals surface area (Å²) in [5.74, 6) is 2.24. The molecule has 1 heterocycles. The number of thioether (sulfide) groups is 1. The quantitative estimate of drug-likeness (QED) is 0.793. The van der Waals surface area contributed by atoms with Crippen LogP contribution in [0.25, 0.3) is 0 Å². The second kappa shape index (κ2) is 5.55. The van der Waals surface area contributed by atoms with Gasteiger partial charge in [0.1, 0.15) is 0 Å². The van der Waals surface area contributed by atoms with Gasteiger partial charge in [0.15, 0.2) is 0 Å². The Bertz CT molecular complexity index is 198. The lowest BCUT2D eigenvalue weighted by atomic mass is 10.0. The van der Waals surface area contributed by atoms with Crippen molar-refractivity contribution in [3.05, 3.63) is 0 Å². The van der Waals surface area contributed by atoms with Crippen molar-refractivity contribution in [2.24, 2.45) is 5.92 Å². The second-order valence-electron chi connectivity index (χ2n) is 5.03. The first-order valence-corrected chi connectivity index (χ1v) is 7.35. The van der Waals surface area contributed by atoms with Gasteiger partial charge in [-0.2, -0.15) is 11.8 Å². The molecule has 0 aromatic carbocycles. The second-order valence-corrected chi connectivity index (χ2v) is 6.57. The van der Waals surface area contributed by atoms with Crippen molar-refractivity contribution < 1.29 is 0 Å². The van der Waals surface area contributed by atoms with Crippen molar-refractivity contribution in [3.8, 4) is 0 Å². The fourth-order valence-electron chi connectivity index (χ4n) is 3.02. The van der Waals surface area contributed by atoms with Crippen molar-refractivity contribution in [2.45, 2.75) is 37.5 Å². The molecule has 3 heteroatoms. The van der Waals surface area contributed by atoms with E-state index in [9.17, 15) is 0 Å². The largest absolute Gasteiger partial charge is 0.317 e. The zero-order chi connectivity index (χ0) is 10.7. The normalized spacial score (nSPS) is 38.4. The smallest absolute Gasteiger partial charge is 0.0147 e. The summed E-state index contributed by atoms with van der Waals surface area (Å²) in [6.45, 7) is 6.30. The number of nitrogens with zero attached hydrogens (tertiary/aromatic N) is 1. The lowest BCUT2D eigenvalue weighted by Crippen LogP contribution is -2.43. The molecule has 0 radical (unpaired) electrons. The topological polar surface area (TPSA) is 15.3 Å². The Hall–Kier alpha value is 0.270. The number of rotatable bonds is 3. The first-order valence-electron chi connectivity index (χ1n) is 6.31. The highest BCUT2D eigenvalue weighted by Gasteiger charge is 2.28. The van der Waals surface area contributed by atoms with Crippen LogP contribution >= 0.6 is 11.8 Å². The number of hydrogen-bond acceptors (Lipinski definition) is 3. The molecule has 2 fully saturated rings. The molecule has 88 valence electrons. The number of hydrogen-bond donors (Lipinski definition) is 1. The van der Waals surface area contributed by atoms with Crippen LogP contribution in [0.15, 0.2) is 0 Å². The average Bonchev–Trinajstić information content (AvgIpc) is 2.65. The molecule has 1 aliphatic heterocycles. The Morgan fingerprint density at radius 1 is 1.40 bits per heavy atom. The molecule has 2 nitrogen and oxygen atoms in total. The fraction of sp³-hybridized carbons (Fsp3) is 1.00. The Labute approximate surface area is 98.2 Å². The van der Waals surface area contributed by atoms with E-state index in [0.717, 1.165) is 17.2 Å². The van der Waals surface area contributed by atoms with E-state index in [0.29, 0.717) is 0 Å². The summed E-state index contributed by atoms with van der Waals surface area (Å²) in [5.41, 5.74) is 0. The summed E-state index contributed by atoms with van der Waals surface area (Å²) in [6, 6.07) is 0.787. The standard InChI is InChI=1S/C12H24N2S/c1-10-8-14(6-7-15-10)9-11-4-3-5-12(11)13-2/h10-13H,3-9H2,1-2H3. The minimum absolute atomic E-state index is 0.787. The molecule has 1 N–H and O–H groups in total. The molecule has 0 aromatic rings. The van der Waals surface area contributed by atoms with Gasteiger partial charge in [0, 0.05) is 36.7 Å². The molecule has 3 atom stereocenters. The Morgan fingerprint density at radius 3 is 3.00 bits per heavy atom. The minimum atomic E-state index is 0.787. The van der Waals surface area contributed by atoms with Gasteiger partial charge >= 0.3 is 0 Å². The highest BCUT2D eigenvalue weighted by Crippen LogP contribution is 2.27. The van der Waals surface area contributed by atoms with E-state index in [4.69, 9.17) is 0 Å². The molecule has 0 aromatic heterocycles. The summed E-state index contributed by atoms with van der Waals surface area (Å²) < 4.78 is 0. The van der Waals surface area contributed by atoms with Gasteiger partial charge in [-0.25, -0.2) is 0 Å². The van der Waals surface area contributed by atoms with Crippen LogP contribution in [0.3, 0.4) is 0 Å². The van der Waals surface area contributed by atoms with Crippen molar-refractivity contribution in [1.29, 1.82) is 0 Å². The molecule has 0 amide bonds. The van der Waals surface area contributed by atoms with E-state index in [1.54, 1.807) is 0 Å². The van der Waals surface area contributed by atoms with Crippen LogP contribution in [-0.4, -0.2) is 48.6 Å². The van der Waals surface area contributed by atoms with Crippen molar-refractivity contribution in [3.63, 3.8) is 0 Å². The summed E-state index contributed by atoms with van der Waals surface area (Å²) in [7, 11) is 2.12. The van der Waals surface area contributed by atoms with Gasteiger partial charge in [-0.3, -0.25) is 0 Å². The maximum atomic E-state index is 3.48. The zero-order valence-electron chi connectivity index (χ0n) is 10.0. The molecule has 1 saturated heterocycles. The molecular formula is C12H24N2S. The molecule has 2 aliphatic rings. The van der Waals surface area contributed by atoms with Gasteiger partial charge in [-0.05, 0) is 25.8 Å². The molecule has 3 unspecified atom stereocenters. The first kappa shape index (κ1) is 11.7. The maximum Gasteiger partial charge on any atom is 0.0147 e. The predicted molar refractivity (Wildman–Crippen MR) is 68.5 cm³/mol. The fourth-order valence-corrected chi connectivity index (χ4v) is 4.11. The summed E-state index contributed by atoms with van der Waals surface area (Å²) in [5, 5.41) is 4.32. The van der Waals surface area contributed by atoms with Gasteiger partial charge in [-0.1, -0.05) is 13.3 Å². The van der Waals surface area contributed by atoms with Crippen LogP contribution < -0.4 is 5.32 Å². The van der Waals surface area contributed by atoms with E-state index in [-0.39, 0.29) is 0 Å². The lowest BCUT2D eigenvalue weighted by Gasteiger charge is -2.33. The monoisotopic (exact) mass is 228 g/mol. The van der Waals surface area contributed by atoms with E-state index in [1.807, 2.05) is 0 Å². The zero-order valence-corrected chi connectivity index (χ0v) is 10.9. The highest BCUT2D eigenvalue weighted by atomic mass is 32.2. The molecule has 2 rings (SSSR count). The highest BCUT2D eigenvalue weighted by molar-refractivity contribution is 7.99. The van der Waals surface area contributed by atoms with Gasteiger partial charge < -0.3 is 10.2 Å². The third kappa shape index (κ3) is 3.11. The lowest BCUT2D eigenvalue weighted by molar-refractivity contribution is 0.224. The summed E-state index contributed by atoms with van der Waals surface area (Å²) >= 11 is 2.13. The van der Waals surface area contributed by atoms with Crippen LogP contribution in [0.1, 0.15) is 26.2 Å². The molecule has 1 saturated carbocycles. The van der Waals surface area contributed by atoms with E-state index >= 15 is 0 Å². The van der Waals surface area contributed by atoms with Gasteiger partial charge in [-0.15, -0.1) is 0 Å². The molecule has 15 heavy (non-hydrogen) atoms. The van der Waals surface area contributed by atoms with Crippen LogP contribution in [0.5, 0.6) is 0 Å².